The molecule has 2 heterocycles. The molecule has 1 aliphatic carbocycles. The van der Waals surface area contributed by atoms with Gasteiger partial charge in [0.05, 0.1) is 18.8 Å². The zero-order valence-electron chi connectivity index (χ0n) is 11.2. The van der Waals surface area contributed by atoms with Gasteiger partial charge in [-0.1, -0.05) is 12.8 Å². The zero-order valence-corrected chi connectivity index (χ0v) is 11.2. The predicted octanol–water partition coefficient (Wildman–Crippen LogP) is 1.15. The number of fused-ring (bicyclic) bond motifs is 1. The maximum Gasteiger partial charge on any atom is 0.239 e. The first-order valence-electron chi connectivity index (χ1n) is 7.40. The van der Waals surface area contributed by atoms with E-state index >= 15 is 0 Å². The van der Waals surface area contributed by atoms with Crippen molar-refractivity contribution in [2.24, 2.45) is 5.92 Å². The lowest BCUT2D eigenvalue weighted by atomic mass is 9.85. The molecule has 3 rings (SSSR count). The molecule has 4 heteroatoms. The molecule has 0 radical (unpaired) electrons. The topological polar surface area (TPSA) is 41.6 Å². The Bertz CT molecular complexity index is 307. The summed E-state index contributed by atoms with van der Waals surface area (Å²) in [7, 11) is 0. The Hall–Kier alpha value is -0.610. The maximum absolute atomic E-state index is 12.5. The molecular weight excluding hydrogens is 228 g/mol. The molecule has 4 unspecified atom stereocenters. The first-order valence-corrected chi connectivity index (χ1v) is 7.40. The molecule has 0 aromatic rings. The van der Waals surface area contributed by atoms with Gasteiger partial charge in [0, 0.05) is 19.1 Å². The lowest BCUT2D eigenvalue weighted by molar-refractivity contribution is -0.140. The maximum atomic E-state index is 12.5. The highest BCUT2D eigenvalue weighted by Gasteiger charge is 2.40. The number of morpholine rings is 1. The summed E-state index contributed by atoms with van der Waals surface area (Å²) in [4.78, 5) is 14.5. The summed E-state index contributed by atoms with van der Waals surface area (Å²) in [5.41, 5.74) is 0. The highest BCUT2D eigenvalue weighted by atomic mass is 16.5. The van der Waals surface area contributed by atoms with Gasteiger partial charge in [0.1, 0.15) is 0 Å². The van der Waals surface area contributed by atoms with Crippen LogP contribution in [0.4, 0.5) is 0 Å². The van der Waals surface area contributed by atoms with E-state index in [4.69, 9.17) is 4.74 Å². The van der Waals surface area contributed by atoms with Gasteiger partial charge in [-0.2, -0.15) is 0 Å². The quantitative estimate of drug-likeness (QED) is 0.761. The van der Waals surface area contributed by atoms with Crippen LogP contribution in [0.15, 0.2) is 0 Å². The summed E-state index contributed by atoms with van der Waals surface area (Å²) >= 11 is 0. The number of hydrogen-bond donors (Lipinski definition) is 1. The molecule has 102 valence electrons. The van der Waals surface area contributed by atoms with Gasteiger partial charge < -0.3 is 15.0 Å². The summed E-state index contributed by atoms with van der Waals surface area (Å²) in [6.07, 6.45) is 6.47. The van der Waals surface area contributed by atoms with Crippen LogP contribution < -0.4 is 5.32 Å². The molecular formula is C14H24N2O2. The summed E-state index contributed by atoms with van der Waals surface area (Å²) in [6, 6.07) is 0.676. The second kappa shape index (κ2) is 5.17. The van der Waals surface area contributed by atoms with Crippen LogP contribution in [0.3, 0.4) is 0 Å². The molecule has 1 amide bonds. The Morgan fingerprint density at radius 3 is 2.94 bits per heavy atom. The Balaban J connectivity index is 1.59. The third-order valence-electron chi connectivity index (χ3n) is 4.71. The van der Waals surface area contributed by atoms with E-state index in [0.717, 1.165) is 25.4 Å². The van der Waals surface area contributed by atoms with E-state index in [0.29, 0.717) is 18.6 Å². The number of nitrogens with one attached hydrogen (secondary N) is 1. The normalized spacial score (nSPS) is 40.6. The van der Waals surface area contributed by atoms with E-state index in [1.165, 1.54) is 25.7 Å². The van der Waals surface area contributed by atoms with Gasteiger partial charge in [-0.05, 0) is 32.1 Å². The van der Waals surface area contributed by atoms with Crippen molar-refractivity contribution in [3.63, 3.8) is 0 Å². The molecule has 0 spiro atoms. The van der Waals surface area contributed by atoms with Gasteiger partial charge in [0.2, 0.25) is 5.91 Å². The van der Waals surface area contributed by atoms with Crippen LogP contribution >= 0.6 is 0 Å². The van der Waals surface area contributed by atoms with Crippen molar-refractivity contribution >= 4 is 5.91 Å². The molecule has 2 aliphatic heterocycles. The van der Waals surface area contributed by atoms with E-state index in [1.54, 1.807) is 0 Å². The zero-order chi connectivity index (χ0) is 12.5. The van der Waals surface area contributed by atoms with Crippen molar-refractivity contribution in [1.82, 2.24) is 10.2 Å². The Labute approximate surface area is 109 Å². The number of nitrogens with zero attached hydrogens (tertiary/aromatic N) is 1. The molecule has 1 saturated carbocycles. The molecule has 0 bridgehead atoms. The number of carbonyl (C=O) groups is 1. The molecule has 3 fully saturated rings. The lowest BCUT2D eigenvalue weighted by Crippen LogP contribution is -2.51. The summed E-state index contributed by atoms with van der Waals surface area (Å²) in [6.45, 7) is 4.25. The molecule has 0 aromatic carbocycles. The predicted molar refractivity (Wildman–Crippen MR) is 69.3 cm³/mol. The first kappa shape index (κ1) is 12.4. The molecule has 18 heavy (non-hydrogen) atoms. The average molecular weight is 252 g/mol. The van der Waals surface area contributed by atoms with Gasteiger partial charge in [0.15, 0.2) is 0 Å². The van der Waals surface area contributed by atoms with Crippen molar-refractivity contribution in [3.8, 4) is 0 Å². The van der Waals surface area contributed by atoms with Crippen molar-refractivity contribution in [2.75, 3.05) is 19.7 Å². The fourth-order valence-electron chi connectivity index (χ4n) is 3.75. The van der Waals surface area contributed by atoms with Gasteiger partial charge >= 0.3 is 0 Å². The average Bonchev–Trinajstić information content (AvgIpc) is 2.81. The fourth-order valence-corrected chi connectivity index (χ4v) is 3.75. The highest BCUT2D eigenvalue weighted by Crippen LogP contribution is 2.33. The number of carbonyl (C=O) groups excluding carboxylic acids is 1. The van der Waals surface area contributed by atoms with Crippen LogP contribution in [-0.4, -0.2) is 48.7 Å². The van der Waals surface area contributed by atoms with Crippen molar-refractivity contribution < 1.29 is 9.53 Å². The molecule has 2 saturated heterocycles. The van der Waals surface area contributed by atoms with E-state index in [2.05, 4.69) is 5.32 Å². The van der Waals surface area contributed by atoms with E-state index in [1.807, 2.05) is 11.8 Å². The third kappa shape index (κ3) is 2.41. The Kier molecular flexibility index (Phi) is 3.57. The van der Waals surface area contributed by atoms with Gasteiger partial charge in [-0.15, -0.1) is 0 Å². The highest BCUT2D eigenvalue weighted by molar-refractivity contribution is 5.82. The van der Waals surface area contributed by atoms with Gasteiger partial charge in [-0.3, -0.25) is 4.79 Å². The largest absolute Gasteiger partial charge is 0.375 e. The Morgan fingerprint density at radius 2 is 2.17 bits per heavy atom. The van der Waals surface area contributed by atoms with Crippen LogP contribution in [0.5, 0.6) is 0 Å². The minimum absolute atomic E-state index is 0.0726. The standard InChI is InChI=1S/C14H24N2O2/c1-10-9-16(6-7-18-10)14(17)13-8-11-4-2-3-5-12(11)15-13/h10-13,15H,2-9H2,1H3. The molecule has 4 nitrogen and oxygen atoms in total. The van der Waals surface area contributed by atoms with Gasteiger partial charge in [-0.25, -0.2) is 0 Å². The van der Waals surface area contributed by atoms with Crippen molar-refractivity contribution in [3.05, 3.63) is 0 Å². The van der Waals surface area contributed by atoms with Crippen LogP contribution in [0.25, 0.3) is 0 Å². The van der Waals surface area contributed by atoms with Crippen LogP contribution in [0.2, 0.25) is 0 Å². The molecule has 0 aromatic heterocycles. The van der Waals surface area contributed by atoms with Crippen molar-refractivity contribution in [1.29, 1.82) is 0 Å². The monoisotopic (exact) mass is 252 g/mol. The number of rotatable bonds is 1. The van der Waals surface area contributed by atoms with Gasteiger partial charge in [0.25, 0.3) is 0 Å². The lowest BCUT2D eigenvalue weighted by Gasteiger charge is -2.33. The van der Waals surface area contributed by atoms with E-state index in [9.17, 15) is 4.79 Å². The number of hydrogen-bond acceptors (Lipinski definition) is 3. The molecule has 3 aliphatic rings. The fraction of sp³-hybridized carbons (Fsp3) is 0.929. The SMILES string of the molecule is CC1CN(C(=O)C2CC3CCCCC3N2)CCO1. The van der Waals surface area contributed by atoms with Crippen LogP contribution in [0, 0.1) is 5.92 Å². The Morgan fingerprint density at radius 1 is 1.33 bits per heavy atom. The van der Waals surface area contributed by atoms with E-state index in [-0.39, 0.29) is 12.1 Å². The van der Waals surface area contributed by atoms with Crippen molar-refractivity contribution in [2.45, 2.75) is 57.2 Å². The molecule has 1 N–H and O–H groups in total. The van der Waals surface area contributed by atoms with Crippen LogP contribution in [-0.2, 0) is 9.53 Å². The summed E-state index contributed by atoms with van der Waals surface area (Å²) < 4.78 is 5.50. The minimum atomic E-state index is 0.0726. The first-order chi connectivity index (χ1) is 8.74. The summed E-state index contributed by atoms with van der Waals surface area (Å²) in [5, 5.41) is 3.57. The molecule has 4 atom stereocenters. The second-order valence-corrected chi connectivity index (χ2v) is 6.07. The summed E-state index contributed by atoms with van der Waals surface area (Å²) in [5.74, 6) is 1.05. The second-order valence-electron chi connectivity index (χ2n) is 6.07. The smallest absolute Gasteiger partial charge is 0.239 e. The third-order valence-corrected chi connectivity index (χ3v) is 4.71. The minimum Gasteiger partial charge on any atom is -0.375 e. The number of ether oxygens (including phenoxy) is 1. The number of amides is 1. The van der Waals surface area contributed by atoms with E-state index < -0.39 is 0 Å². The van der Waals surface area contributed by atoms with Crippen LogP contribution in [0.1, 0.15) is 39.0 Å².